The minimum absolute atomic E-state index is 0.265. The van der Waals surface area contributed by atoms with Gasteiger partial charge in [-0.1, -0.05) is 19.9 Å². The zero-order chi connectivity index (χ0) is 15.1. The number of hydrogen-bond acceptors (Lipinski definition) is 3. The molecule has 0 spiro atoms. The number of likely N-dealkylation sites (tertiary alicyclic amines) is 1. The van der Waals surface area contributed by atoms with Gasteiger partial charge in [0.2, 0.25) is 0 Å². The molecule has 4 heteroatoms. The van der Waals surface area contributed by atoms with Crippen molar-refractivity contribution in [3.8, 4) is 5.75 Å². The molecule has 1 aromatic carbocycles. The van der Waals surface area contributed by atoms with E-state index in [0.717, 1.165) is 18.5 Å². The zero-order valence-electron chi connectivity index (χ0n) is 13.2. The molecular formula is C17H27FN2O. The monoisotopic (exact) mass is 294 g/mol. The Bertz CT molecular complexity index is 431. The Morgan fingerprint density at radius 3 is 2.71 bits per heavy atom. The number of benzene rings is 1. The van der Waals surface area contributed by atoms with Gasteiger partial charge in [-0.25, -0.2) is 4.39 Å². The summed E-state index contributed by atoms with van der Waals surface area (Å²) in [6, 6.07) is 5.62. The maximum atomic E-state index is 13.9. The third-order valence-electron chi connectivity index (χ3n) is 3.79. The van der Waals surface area contributed by atoms with Gasteiger partial charge in [0.25, 0.3) is 0 Å². The first-order valence-electron chi connectivity index (χ1n) is 8.02. The molecule has 0 aromatic heterocycles. The van der Waals surface area contributed by atoms with Gasteiger partial charge in [-0.15, -0.1) is 0 Å². The predicted octanol–water partition coefficient (Wildman–Crippen LogP) is 3.19. The molecule has 2 rings (SSSR count). The lowest BCUT2D eigenvalue weighted by Gasteiger charge is -2.15. The summed E-state index contributed by atoms with van der Waals surface area (Å²) in [5.41, 5.74) is 0.950. The van der Waals surface area contributed by atoms with Crippen molar-refractivity contribution in [3.05, 3.63) is 29.6 Å². The van der Waals surface area contributed by atoms with Crippen LogP contribution < -0.4 is 10.1 Å². The maximum absolute atomic E-state index is 13.9. The number of nitrogens with one attached hydrogen (secondary N) is 1. The van der Waals surface area contributed by atoms with Crippen LogP contribution in [0.1, 0.15) is 38.7 Å². The Hall–Kier alpha value is -1.13. The molecule has 0 bridgehead atoms. The Morgan fingerprint density at radius 1 is 1.29 bits per heavy atom. The Morgan fingerprint density at radius 2 is 2.05 bits per heavy atom. The van der Waals surface area contributed by atoms with Crippen molar-refractivity contribution in [2.75, 3.05) is 26.2 Å². The van der Waals surface area contributed by atoms with E-state index in [-0.39, 0.29) is 5.82 Å². The van der Waals surface area contributed by atoms with Crippen molar-refractivity contribution in [3.63, 3.8) is 0 Å². The Kier molecular flexibility index (Phi) is 6.46. The van der Waals surface area contributed by atoms with Crippen LogP contribution in [0.4, 0.5) is 4.39 Å². The molecule has 1 aromatic rings. The van der Waals surface area contributed by atoms with E-state index in [1.54, 1.807) is 12.1 Å². The van der Waals surface area contributed by atoms with Crippen LogP contribution in [0, 0.1) is 5.82 Å². The van der Waals surface area contributed by atoms with Gasteiger partial charge in [-0.3, -0.25) is 0 Å². The summed E-state index contributed by atoms with van der Waals surface area (Å²) in [4.78, 5) is 2.44. The minimum atomic E-state index is -0.265. The van der Waals surface area contributed by atoms with Gasteiger partial charge in [-0.05, 0) is 50.0 Å². The molecule has 1 fully saturated rings. The molecule has 1 heterocycles. The molecule has 0 amide bonds. The maximum Gasteiger partial charge on any atom is 0.165 e. The second kappa shape index (κ2) is 8.35. The van der Waals surface area contributed by atoms with Gasteiger partial charge in [0.05, 0.1) is 6.61 Å². The summed E-state index contributed by atoms with van der Waals surface area (Å²) in [5.74, 6) is 0.101. The molecule has 0 unspecified atom stereocenters. The lowest BCUT2D eigenvalue weighted by molar-refractivity contribution is 0.255. The molecule has 0 atom stereocenters. The fourth-order valence-corrected chi connectivity index (χ4v) is 2.57. The van der Waals surface area contributed by atoms with E-state index in [9.17, 15) is 4.39 Å². The molecule has 1 aliphatic rings. The van der Waals surface area contributed by atoms with Crippen molar-refractivity contribution in [1.82, 2.24) is 10.2 Å². The normalized spacial score (nSPS) is 15.8. The van der Waals surface area contributed by atoms with Gasteiger partial charge in [-0.2, -0.15) is 0 Å². The van der Waals surface area contributed by atoms with Crippen LogP contribution in [0.2, 0.25) is 0 Å². The van der Waals surface area contributed by atoms with Crippen LogP contribution in [-0.4, -0.2) is 37.2 Å². The van der Waals surface area contributed by atoms with E-state index >= 15 is 0 Å². The van der Waals surface area contributed by atoms with Crippen LogP contribution in [0.25, 0.3) is 0 Å². The van der Waals surface area contributed by atoms with E-state index in [1.807, 2.05) is 6.07 Å². The summed E-state index contributed by atoms with van der Waals surface area (Å²) in [6.07, 6.45) is 3.57. The Labute approximate surface area is 127 Å². The second-order valence-electron chi connectivity index (χ2n) is 6.05. The van der Waals surface area contributed by atoms with Gasteiger partial charge in [0.1, 0.15) is 0 Å². The molecule has 1 N–H and O–H groups in total. The highest BCUT2D eigenvalue weighted by molar-refractivity contribution is 5.29. The molecule has 1 aliphatic heterocycles. The highest BCUT2D eigenvalue weighted by Gasteiger charge is 2.11. The van der Waals surface area contributed by atoms with Crippen molar-refractivity contribution >= 4 is 0 Å². The van der Waals surface area contributed by atoms with E-state index < -0.39 is 0 Å². The van der Waals surface area contributed by atoms with Crippen LogP contribution >= 0.6 is 0 Å². The van der Waals surface area contributed by atoms with Crippen LogP contribution in [0.3, 0.4) is 0 Å². The number of ether oxygens (including phenoxy) is 1. The quantitative estimate of drug-likeness (QED) is 0.745. The Balaban J connectivity index is 1.72. The summed E-state index contributed by atoms with van der Waals surface area (Å²) < 4.78 is 19.5. The first kappa shape index (κ1) is 16.2. The van der Waals surface area contributed by atoms with Gasteiger partial charge in [0, 0.05) is 19.1 Å². The minimum Gasteiger partial charge on any atom is -0.490 e. The second-order valence-corrected chi connectivity index (χ2v) is 6.05. The lowest BCUT2D eigenvalue weighted by Crippen LogP contribution is -2.22. The molecule has 0 saturated carbocycles. The fourth-order valence-electron chi connectivity index (χ4n) is 2.57. The average Bonchev–Trinajstić information content (AvgIpc) is 2.96. The first-order chi connectivity index (χ1) is 10.1. The molecule has 1 saturated heterocycles. The molecule has 21 heavy (non-hydrogen) atoms. The molecule has 0 aliphatic carbocycles. The highest BCUT2D eigenvalue weighted by atomic mass is 19.1. The molecule has 3 nitrogen and oxygen atoms in total. The van der Waals surface area contributed by atoms with Crippen LogP contribution in [0.15, 0.2) is 18.2 Å². The number of halogens is 1. The van der Waals surface area contributed by atoms with E-state index in [2.05, 4.69) is 24.1 Å². The standard InChI is InChI=1S/C17H27FN2O/c1-14(2)19-13-15-6-7-17(16(18)12-15)21-11-5-10-20-8-3-4-9-20/h6-7,12,14,19H,3-5,8-11,13H2,1-2H3. The van der Waals surface area contributed by atoms with Crippen molar-refractivity contribution in [1.29, 1.82) is 0 Å². The summed E-state index contributed by atoms with van der Waals surface area (Å²) >= 11 is 0. The molecule has 118 valence electrons. The van der Waals surface area contributed by atoms with Gasteiger partial charge < -0.3 is 15.0 Å². The number of hydrogen-bond donors (Lipinski definition) is 1. The largest absolute Gasteiger partial charge is 0.490 e. The predicted molar refractivity (Wildman–Crippen MR) is 84.2 cm³/mol. The van der Waals surface area contributed by atoms with Crippen molar-refractivity contribution < 1.29 is 9.13 Å². The van der Waals surface area contributed by atoms with Crippen molar-refractivity contribution in [2.24, 2.45) is 0 Å². The van der Waals surface area contributed by atoms with Crippen LogP contribution in [0.5, 0.6) is 5.75 Å². The van der Waals surface area contributed by atoms with E-state index in [1.165, 1.54) is 25.9 Å². The summed E-state index contributed by atoms with van der Waals surface area (Å²) in [6.45, 7) is 8.87. The van der Waals surface area contributed by atoms with Gasteiger partial charge in [0.15, 0.2) is 11.6 Å². The highest BCUT2D eigenvalue weighted by Crippen LogP contribution is 2.19. The SMILES string of the molecule is CC(C)NCc1ccc(OCCCN2CCCC2)c(F)c1. The zero-order valence-corrected chi connectivity index (χ0v) is 13.2. The lowest BCUT2D eigenvalue weighted by atomic mass is 10.2. The third-order valence-corrected chi connectivity index (χ3v) is 3.79. The molecule has 0 radical (unpaired) electrons. The van der Waals surface area contributed by atoms with E-state index in [4.69, 9.17) is 4.74 Å². The van der Waals surface area contributed by atoms with Gasteiger partial charge >= 0.3 is 0 Å². The fraction of sp³-hybridized carbons (Fsp3) is 0.647. The summed E-state index contributed by atoms with van der Waals surface area (Å²) in [7, 11) is 0. The first-order valence-corrected chi connectivity index (χ1v) is 8.02. The van der Waals surface area contributed by atoms with Crippen molar-refractivity contribution in [2.45, 2.75) is 45.7 Å². The number of nitrogens with zero attached hydrogens (tertiary/aromatic N) is 1. The van der Waals surface area contributed by atoms with E-state index in [0.29, 0.717) is 24.9 Å². The smallest absolute Gasteiger partial charge is 0.165 e. The van der Waals surface area contributed by atoms with Crippen LogP contribution in [-0.2, 0) is 6.54 Å². The summed E-state index contributed by atoms with van der Waals surface area (Å²) in [5, 5.41) is 3.28. The molecular weight excluding hydrogens is 267 g/mol. The average molecular weight is 294 g/mol. The third kappa shape index (κ3) is 5.64. The number of rotatable bonds is 8. The topological polar surface area (TPSA) is 24.5 Å².